The lowest BCUT2D eigenvalue weighted by molar-refractivity contribution is 0.431. The molecule has 3 rings (SSSR count). The average molecular weight is 259 g/mol. The van der Waals surface area contributed by atoms with Gasteiger partial charge in [0.2, 0.25) is 5.82 Å². The van der Waals surface area contributed by atoms with Gasteiger partial charge in [-0.25, -0.2) is 4.98 Å². The summed E-state index contributed by atoms with van der Waals surface area (Å²) in [6.07, 6.45) is 4.72. The minimum absolute atomic E-state index is 0.341. The van der Waals surface area contributed by atoms with Crippen LogP contribution in [0.1, 0.15) is 0 Å². The highest BCUT2D eigenvalue weighted by Gasteiger charge is 2.11. The van der Waals surface area contributed by atoms with Crippen molar-refractivity contribution in [3.63, 3.8) is 0 Å². The molecule has 0 spiro atoms. The second-order valence-electron chi connectivity index (χ2n) is 3.52. The Morgan fingerprint density at radius 2 is 1.89 bits per heavy atom. The zero-order chi connectivity index (χ0) is 12.4. The third kappa shape index (κ3) is 2.08. The molecule has 0 radical (unpaired) electrons. The van der Waals surface area contributed by atoms with Gasteiger partial charge in [0, 0.05) is 23.0 Å². The lowest BCUT2D eigenvalue weighted by Crippen LogP contribution is -1.84. The van der Waals surface area contributed by atoms with Crippen LogP contribution in [-0.2, 0) is 0 Å². The van der Waals surface area contributed by atoms with Crippen LogP contribution in [-0.4, -0.2) is 20.1 Å². The van der Waals surface area contributed by atoms with E-state index >= 15 is 0 Å². The lowest BCUT2D eigenvalue weighted by Gasteiger charge is -1.93. The summed E-state index contributed by atoms with van der Waals surface area (Å²) in [4.78, 5) is 12.3. The monoisotopic (exact) mass is 258 g/mol. The lowest BCUT2D eigenvalue weighted by atomic mass is 10.2. The van der Waals surface area contributed by atoms with Crippen molar-refractivity contribution in [2.45, 2.75) is 0 Å². The van der Waals surface area contributed by atoms with Crippen LogP contribution in [0.2, 0.25) is 5.02 Å². The number of hydrogen-bond acceptors (Lipinski definition) is 5. The van der Waals surface area contributed by atoms with E-state index in [0.717, 1.165) is 5.56 Å². The van der Waals surface area contributed by atoms with Crippen LogP contribution in [0.15, 0.2) is 47.4 Å². The van der Waals surface area contributed by atoms with E-state index in [4.69, 9.17) is 16.1 Å². The Balaban J connectivity index is 1.97. The Hall–Kier alpha value is -2.27. The van der Waals surface area contributed by atoms with Gasteiger partial charge in [0.1, 0.15) is 5.69 Å². The summed E-state index contributed by atoms with van der Waals surface area (Å²) in [5.41, 5.74) is 1.38. The van der Waals surface area contributed by atoms with Crippen molar-refractivity contribution in [1.82, 2.24) is 20.1 Å². The van der Waals surface area contributed by atoms with Gasteiger partial charge in [-0.15, -0.1) is 0 Å². The van der Waals surface area contributed by atoms with E-state index in [1.54, 1.807) is 30.7 Å². The normalized spacial score (nSPS) is 10.5. The minimum atomic E-state index is 0.341. The Morgan fingerprint density at radius 1 is 1.06 bits per heavy atom. The number of aromatic nitrogens is 4. The first-order chi connectivity index (χ1) is 8.83. The first kappa shape index (κ1) is 10.9. The second-order valence-corrected chi connectivity index (χ2v) is 3.96. The van der Waals surface area contributed by atoms with Crippen LogP contribution in [0, 0.1) is 0 Å². The molecule has 0 bridgehead atoms. The molecule has 0 N–H and O–H groups in total. The van der Waals surface area contributed by atoms with Gasteiger partial charge in [-0.05, 0) is 24.3 Å². The fourth-order valence-corrected chi connectivity index (χ4v) is 1.58. The van der Waals surface area contributed by atoms with Crippen molar-refractivity contribution in [2.75, 3.05) is 0 Å². The molecule has 0 fully saturated rings. The summed E-state index contributed by atoms with van der Waals surface area (Å²) >= 11 is 5.82. The van der Waals surface area contributed by atoms with Gasteiger partial charge in [0.15, 0.2) is 0 Å². The van der Waals surface area contributed by atoms with E-state index < -0.39 is 0 Å². The standard InChI is InChI=1S/C12H7ClN4O/c13-9-3-1-8(2-4-9)11-16-12(18-17-11)10-7-14-5-6-15-10/h1-7H. The maximum atomic E-state index is 5.82. The van der Waals surface area contributed by atoms with Crippen molar-refractivity contribution in [3.8, 4) is 23.0 Å². The van der Waals surface area contributed by atoms with Crippen LogP contribution in [0.4, 0.5) is 0 Å². The fraction of sp³-hybridized carbons (Fsp3) is 0. The zero-order valence-corrected chi connectivity index (χ0v) is 9.87. The quantitative estimate of drug-likeness (QED) is 0.707. The zero-order valence-electron chi connectivity index (χ0n) is 9.12. The number of halogens is 1. The van der Waals surface area contributed by atoms with E-state index in [1.807, 2.05) is 12.1 Å². The van der Waals surface area contributed by atoms with E-state index in [2.05, 4.69) is 20.1 Å². The van der Waals surface area contributed by atoms with Crippen molar-refractivity contribution in [1.29, 1.82) is 0 Å². The molecule has 0 unspecified atom stereocenters. The fourth-order valence-electron chi connectivity index (χ4n) is 1.45. The molecule has 3 aromatic rings. The average Bonchev–Trinajstić information content (AvgIpc) is 2.90. The van der Waals surface area contributed by atoms with Crippen molar-refractivity contribution < 1.29 is 4.52 Å². The van der Waals surface area contributed by atoms with Crippen LogP contribution >= 0.6 is 11.6 Å². The Morgan fingerprint density at radius 3 is 2.61 bits per heavy atom. The third-order valence-electron chi connectivity index (χ3n) is 2.31. The first-order valence-corrected chi connectivity index (χ1v) is 5.57. The van der Waals surface area contributed by atoms with Crippen molar-refractivity contribution in [2.24, 2.45) is 0 Å². The summed E-state index contributed by atoms with van der Waals surface area (Å²) in [6, 6.07) is 7.20. The molecule has 5 nitrogen and oxygen atoms in total. The summed E-state index contributed by atoms with van der Waals surface area (Å²) in [5.74, 6) is 0.834. The highest BCUT2D eigenvalue weighted by molar-refractivity contribution is 6.30. The number of nitrogens with zero attached hydrogens (tertiary/aromatic N) is 4. The minimum Gasteiger partial charge on any atom is -0.332 e. The van der Waals surface area contributed by atoms with E-state index in [9.17, 15) is 0 Å². The van der Waals surface area contributed by atoms with Crippen LogP contribution in [0.3, 0.4) is 0 Å². The summed E-state index contributed by atoms with van der Waals surface area (Å²) in [5, 5.41) is 4.56. The molecule has 1 aromatic carbocycles. The molecular weight excluding hydrogens is 252 g/mol. The maximum absolute atomic E-state index is 5.82. The first-order valence-electron chi connectivity index (χ1n) is 5.19. The summed E-state index contributed by atoms with van der Waals surface area (Å²) in [6.45, 7) is 0. The highest BCUT2D eigenvalue weighted by atomic mass is 35.5. The molecule has 0 atom stereocenters. The van der Waals surface area contributed by atoms with Gasteiger partial charge in [0.25, 0.3) is 5.89 Å². The molecule has 2 heterocycles. The molecule has 0 aliphatic rings. The predicted octanol–water partition coefficient (Wildman–Crippen LogP) is 2.85. The van der Waals surface area contributed by atoms with E-state index in [0.29, 0.717) is 22.4 Å². The molecule has 88 valence electrons. The van der Waals surface area contributed by atoms with Gasteiger partial charge < -0.3 is 4.52 Å². The molecule has 0 saturated carbocycles. The van der Waals surface area contributed by atoms with Crippen LogP contribution in [0.25, 0.3) is 23.0 Å². The van der Waals surface area contributed by atoms with Crippen LogP contribution < -0.4 is 0 Å². The number of hydrogen-bond donors (Lipinski definition) is 0. The van der Waals surface area contributed by atoms with Crippen LogP contribution in [0.5, 0.6) is 0 Å². The molecule has 2 aromatic heterocycles. The second kappa shape index (κ2) is 4.54. The van der Waals surface area contributed by atoms with Crippen molar-refractivity contribution >= 4 is 11.6 Å². The SMILES string of the molecule is Clc1ccc(-c2noc(-c3cnccn3)n2)cc1. The van der Waals surface area contributed by atoms with Gasteiger partial charge in [-0.3, -0.25) is 4.98 Å². The molecule has 0 aliphatic heterocycles. The number of benzene rings is 1. The molecule has 6 heteroatoms. The van der Waals surface area contributed by atoms with Gasteiger partial charge in [-0.2, -0.15) is 4.98 Å². The summed E-state index contributed by atoms with van der Waals surface area (Å²) in [7, 11) is 0. The molecular formula is C12H7ClN4O. The molecule has 0 aliphatic carbocycles. The predicted molar refractivity (Wildman–Crippen MR) is 65.8 cm³/mol. The highest BCUT2D eigenvalue weighted by Crippen LogP contribution is 2.21. The van der Waals surface area contributed by atoms with Gasteiger partial charge in [-0.1, -0.05) is 16.8 Å². The maximum Gasteiger partial charge on any atom is 0.278 e. The van der Waals surface area contributed by atoms with E-state index in [1.165, 1.54) is 0 Å². The van der Waals surface area contributed by atoms with Crippen molar-refractivity contribution in [3.05, 3.63) is 47.9 Å². The van der Waals surface area contributed by atoms with Gasteiger partial charge in [0.05, 0.1) is 6.20 Å². The smallest absolute Gasteiger partial charge is 0.278 e. The Bertz CT molecular complexity index is 651. The summed E-state index contributed by atoms with van der Waals surface area (Å²) < 4.78 is 5.14. The molecule has 18 heavy (non-hydrogen) atoms. The molecule has 0 saturated heterocycles. The largest absolute Gasteiger partial charge is 0.332 e. The van der Waals surface area contributed by atoms with E-state index in [-0.39, 0.29) is 0 Å². The third-order valence-corrected chi connectivity index (χ3v) is 2.56. The number of rotatable bonds is 2. The molecule has 0 amide bonds. The Labute approximate surface area is 107 Å². The van der Waals surface area contributed by atoms with Gasteiger partial charge >= 0.3 is 0 Å². The topological polar surface area (TPSA) is 64.7 Å². The Kier molecular flexibility index (Phi) is 2.74.